The molecule has 0 aliphatic carbocycles. The first-order chi connectivity index (χ1) is 8.63. The Morgan fingerprint density at radius 3 is 2.50 bits per heavy atom. The first-order valence-corrected chi connectivity index (χ1v) is 7.48. The predicted octanol–water partition coefficient (Wildman–Crippen LogP) is 4.78. The summed E-state index contributed by atoms with van der Waals surface area (Å²) in [4.78, 5) is 1.27. The molecule has 0 spiro atoms. The molecule has 0 aliphatic rings. The first kappa shape index (κ1) is 13.9. The molecule has 4 heteroatoms. The fourth-order valence-electron chi connectivity index (χ4n) is 1.77. The molecule has 18 heavy (non-hydrogen) atoms. The van der Waals surface area contributed by atoms with E-state index < -0.39 is 0 Å². The number of rotatable bonds is 5. The third kappa shape index (κ3) is 4.29. The average molecular weight is 300 g/mol. The summed E-state index contributed by atoms with van der Waals surface area (Å²) in [6.07, 6.45) is 0.996. The lowest BCUT2D eigenvalue weighted by molar-refractivity contribution is 0.549. The van der Waals surface area contributed by atoms with Gasteiger partial charge in [0.1, 0.15) is 0 Å². The molecule has 0 amide bonds. The van der Waals surface area contributed by atoms with Gasteiger partial charge in [0.05, 0.1) is 5.02 Å². The summed E-state index contributed by atoms with van der Waals surface area (Å²) >= 11 is 13.4. The molecule has 0 saturated heterocycles. The van der Waals surface area contributed by atoms with Gasteiger partial charge in [-0.25, -0.2) is 0 Å². The average Bonchev–Trinajstić information content (AvgIpc) is 2.76. The first-order valence-electron chi connectivity index (χ1n) is 5.84. The van der Waals surface area contributed by atoms with Crippen LogP contribution in [0.15, 0.2) is 35.7 Å². The number of hydrogen-bond donors (Lipinski definition) is 1. The van der Waals surface area contributed by atoms with Crippen molar-refractivity contribution < 1.29 is 0 Å². The van der Waals surface area contributed by atoms with E-state index >= 15 is 0 Å². The van der Waals surface area contributed by atoms with Gasteiger partial charge in [0.15, 0.2) is 0 Å². The van der Waals surface area contributed by atoms with Crippen molar-refractivity contribution in [2.45, 2.75) is 25.9 Å². The zero-order chi connectivity index (χ0) is 13.0. The number of thiophene rings is 1. The van der Waals surface area contributed by atoms with Crippen molar-refractivity contribution in [2.75, 3.05) is 0 Å². The van der Waals surface area contributed by atoms with Gasteiger partial charge in [-0.2, -0.15) is 0 Å². The van der Waals surface area contributed by atoms with E-state index in [2.05, 4.69) is 24.4 Å². The Balaban J connectivity index is 1.81. The lowest BCUT2D eigenvalue weighted by atomic mass is 10.1. The lowest BCUT2D eigenvalue weighted by Gasteiger charge is -2.13. The van der Waals surface area contributed by atoms with Gasteiger partial charge in [0.2, 0.25) is 0 Å². The van der Waals surface area contributed by atoms with Gasteiger partial charge in [-0.1, -0.05) is 35.3 Å². The van der Waals surface area contributed by atoms with Crippen LogP contribution in [0.4, 0.5) is 0 Å². The van der Waals surface area contributed by atoms with Crippen molar-refractivity contribution in [3.8, 4) is 0 Å². The molecule has 0 aliphatic heterocycles. The highest BCUT2D eigenvalue weighted by Crippen LogP contribution is 2.19. The minimum Gasteiger partial charge on any atom is -0.309 e. The normalized spacial score (nSPS) is 12.6. The summed E-state index contributed by atoms with van der Waals surface area (Å²) < 4.78 is 0. The van der Waals surface area contributed by atoms with Crippen molar-refractivity contribution in [1.29, 1.82) is 0 Å². The van der Waals surface area contributed by atoms with Crippen molar-refractivity contribution in [1.82, 2.24) is 5.32 Å². The topological polar surface area (TPSA) is 12.0 Å². The minimum atomic E-state index is 0.423. The third-order valence-electron chi connectivity index (χ3n) is 2.70. The van der Waals surface area contributed by atoms with E-state index in [9.17, 15) is 0 Å². The molecule has 1 nitrogen and oxygen atoms in total. The molecular weight excluding hydrogens is 285 g/mol. The van der Waals surface area contributed by atoms with Crippen molar-refractivity contribution in [2.24, 2.45) is 0 Å². The summed E-state index contributed by atoms with van der Waals surface area (Å²) in [5, 5.41) is 7.06. The van der Waals surface area contributed by atoms with Gasteiger partial charge < -0.3 is 5.32 Å². The SMILES string of the molecule is CC(Cc1ccc(Cl)cc1)NCc1cc(Cl)cs1. The van der Waals surface area contributed by atoms with Crippen molar-refractivity contribution in [3.63, 3.8) is 0 Å². The Hall–Kier alpha value is -0.540. The summed E-state index contributed by atoms with van der Waals surface area (Å²) in [5.74, 6) is 0. The van der Waals surface area contributed by atoms with E-state index in [1.807, 2.05) is 23.6 Å². The molecule has 2 rings (SSSR count). The van der Waals surface area contributed by atoms with E-state index in [0.717, 1.165) is 23.0 Å². The maximum absolute atomic E-state index is 5.89. The fraction of sp³-hybridized carbons (Fsp3) is 0.286. The lowest BCUT2D eigenvalue weighted by Crippen LogP contribution is -2.27. The Labute approximate surface area is 122 Å². The summed E-state index contributed by atoms with van der Waals surface area (Å²) in [6.45, 7) is 3.05. The molecule has 1 atom stereocenters. The molecular formula is C14H15Cl2NS. The van der Waals surface area contributed by atoms with Crippen LogP contribution in [-0.4, -0.2) is 6.04 Å². The highest BCUT2D eigenvalue weighted by Gasteiger charge is 2.04. The van der Waals surface area contributed by atoms with E-state index in [4.69, 9.17) is 23.2 Å². The minimum absolute atomic E-state index is 0.423. The van der Waals surface area contributed by atoms with Crippen LogP contribution in [0.3, 0.4) is 0 Å². The van der Waals surface area contributed by atoms with Crippen LogP contribution in [0, 0.1) is 0 Å². The molecule has 0 saturated carbocycles. The molecule has 1 aromatic heterocycles. The molecule has 2 aromatic rings. The fourth-order valence-corrected chi connectivity index (χ4v) is 2.92. The molecule has 0 fully saturated rings. The second-order valence-corrected chi connectivity index (χ2v) is 6.21. The van der Waals surface area contributed by atoms with E-state index in [1.54, 1.807) is 11.3 Å². The number of halogens is 2. The number of nitrogens with one attached hydrogen (secondary N) is 1. The Kier molecular flexibility index (Phi) is 5.07. The maximum Gasteiger partial charge on any atom is 0.0516 e. The molecule has 1 heterocycles. The molecule has 96 valence electrons. The third-order valence-corrected chi connectivity index (χ3v) is 4.24. The van der Waals surface area contributed by atoms with Crippen LogP contribution in [0.5, 0.6) is 0 Å². The van der Waals surface area contributed by atoms with Crippen LogP contribution < -0.4 is 5.32 Å². The van der Waals surface area contributed by atoms with Gasteiger partial charge >= 0.3 is 0 Å². The molecule has 0 bridgehead atoms. The van der Waals surface area contributed by atoms with E-state index in [1.165, 1.54) is 10.4 Å². The molecule has 1 aromatic carbocycles. The van der Waals surface area contributed by atoms with Crippen molar-refractivity contribution in [3.05, 3.63) is 56.2 Å². The van der Waals surface area contributed by atoms with Gasteiger partial charge in [-0.05, 0) is 37.1 Å². The van der Waals surface area contributed by atoms with Gasteiger partial charge in [-0.15, -0.1) is 11.3 Å². The zero-order valence-electron chi connectivity index (χ0n) is 10.1. The molecule has 0 radical (unpaired) electrons. The molecule has 1 N–H and O–H groups in total. The highest BCUT2D eigenvalue weighted by molar-refractivity contribution is 7.10. The largest absolute Gasteiger partial charge is 0.309 e. The van der Waals surface area contributed by atoms with Gasteiger partial charge in [0.25, 0.3) is 0 Å². The quantitative estimate of drug-likeness (QED) is 0.838. The maximum atomic E-state index is 5.89. The number of hydrogen-bond acceptors (Lipinski definition) is 2. The van der Waals surface area contributed by atoms with Gasteiger partial charge in [-0.3, -0.25) is 0 Å². The monoisotopic (exact) mass is 299 g/mol. The summed E-state index contributed by atoms with van der Waals surface area (Å²) in [7, 11) is 0. The smallest absolute Gasteiger partial charge is 0.0516 e. The summed E-state index contributed by atoms with van der Waals surface area (Å²) in [6, 6.07) is 10.4. The second kappa shape index (κ2) is 6.58. The van der Waals surface area contributed by atoms with Crippen LogP contribution in [0.1, 0.15) is 17.4 Å². The Bertz CT molecular complexity index is 493. The highest BCUT2D eigenvalue weighted by atomic mass is 35.5. The number of benzene rings is 1. The van der Waals surface area contributed by atoms with E-state index in [-0.39, 0.29) is 0 Å². The molecule has 1 unspecified atom stereocenters. The second-order valence-electron chi connectivity index (χ2n) is 4.34. The summed E-state index contributed by atoms with van der Waals surface area (Å²) in [5.41, 5.74) is 1.30. The Morgan fingerprint density at radius 2 is 1.89 bits per heavy atom. The van der Waals surface area contributed by atoms with Crippen LogP contribution in [-0.2, 0) is 13.0 Å². The van der Waals surface area contributed by atoms with Crippen molar-refractivity contribution >= 4 is 34.5 Å². The van der Waals surface area contributed by atoms with E-state index in [0.29, 0.717) is 6.04 Å². The van der Waals surface area contributed by atoms with Crippen LogP contribution in [0.2, 0.25) is 10.0 Å². The van der Waals surface area contributed by atoms with Gasteiger partial charge in [0, 0.05) is 27.9 Å². The van der Waals surface area contributed by atoms with Crippen LogP contribution in [0.25, 0.3) is 0 Å². The Morgan fingerprint density at radius 1 is 1.17 bits per heavy atom. The standard InChI is InChI=1S/C14H15Cl2NS/c1-10(6-11-2-4-12(15)5-3-11)17-8-14-7-13(16)9-18-14/h2-5,7,9-10,17H,6,8H2,1H3. The predicted molar refractivity (Wildman–Crippen MR) is 80.8 cm³/mol. The van der Waals surface area contributed by atoms with Crippen LogP contribution >= 0.6 is 34.5 Å². The zero-order valence-corrected chi connectivity index (χ0v) is 12.4.